The van der Waals surface area contributed by atoms with Gasteiger partial charge in [0.25, 0.3) is 0 Å². The molecule has 2 heteroatoms. The van der Waals surface area contributed by atoms with Crippen molar-refractivity contribution in [3.05, 3.63) is 35.9 Å². The van der Waals surface area contributed by atoms with Gasteiger partial charge in [-0.05, 0) is 43.2 Å². The van der Waals surface area contributed by atoms with Gasteiger partial charge in [0.1, 0.15) is 0 Å². The third kappa shape index (κ3) is 3.67. The molecule has 2 heterocycles. The van der Waals surface area contributed by atoms with Crippen molar-refractivity contribution >= 4 is 0 Å². The Kier molecular flexibility index (Phi) is 4.37. The highest BCUT2D eigenvalue weighted by atomic mass is 15.2. The van der Waals surface area contributed by atoms with Gasteiger partial charge >= 0.3 is 0 Å². The lowest BCUT2D eigenvalue weighted by molar-refractivity contribution is 0.257. The predicted molar refractivity (Wildman–Crippen MR) is 89.4 cm³/mol. The number of benzene rings is 1. The van der Waals surface area contributed by atoms with Gasteiger partial charge in [0, 0.05) is 24.7 Å². The molecular formula is C19H30N2. The van der Waals surface area contributed by atoms with Crippen LogP contribution in [0.2, 0.25) is 0 Å². The van der Waals surface area contributed by atoms with Gasteiger partial charge in [-0.3, -0.25) is 4.90 Å². The molecule has 0 bridgehead atoms. The molecule has 2 aliphatic rings. The topological polar surface area (TPSA) is 15.3 Å². The van der Waals surface area contributed by atoms with E-state index >= 15 is 0 Å². The van der Waals surface area contributed by atoms with Gasteiger partial charge in [-0.25, -0.2) is 0 Å². The molecule has 2 aliphatic heterocycles. The lowest BCUT2D eigenvalue weighted by Crippen LogP contribution is -2.42. The molecule has 0 amide bonds. The van der Waals surface area contributed by atoms with Crippen LogP contribution >= 0.6 is 0 Å². The van der Waals surface area contributed by atoms with Crippen molar-refractivity contribution < 1.29 is 0 Å². The van der Waals surface area contributed by atoms with Gasteiger partial charge in [0.2, 0.25) is 0 Å². The zero-order valence-corrected chi connectivity index (χ0v) is 13.8. The van der Waals surface area contributed by atoms with Crippen molar-refractivity contribution in [2.75, 3.05) is 13.1 Å². The summed E-state index contributed by atoms with van der Waals surface area (Å²) in [6.45, 7) is 9.65. The van der Waals surface area contributed by atoms with E-state index in [0.717, 1.165) is 6.04 Å². The molecule has 0 aromatic heterocycles. The Morgan fingerprint density at radius 1 is 1.14 bits per heavy atom. The molecule has 116 valence electrons. The number of hydrogen-bond acceptors (Lipinski definition) is 2. The Morgan fingerprint density at radius 3 is 2.62 bits per heavy atom. The van der Waals surface area contributed by atoms with E-state index in [0.29, 0.717) is 17.5 Å². The van der Waals surface area contributed by atoms with Crippen molar-refractivity contribution in [3.8, 4) is 0 Å². The second-order valence-corrected chi connectivity index (χ2v) is 8.04. The summed E-state index contributed by atoms with van der Waals surface area (Å²) in [7, 11) is 0. The smallest absolute Gasteiger partial charge is 0.0328 e. The summed E-state index contributed by atoms with van der Waals surface area (Å²) in [4.78, 5) is 2.69. The first-order valence-corrected chi connectivity index (χ1v) is 8.58. The fourth-order valence-corrected chi connectivity index (χ4v) is 4.11. The van der Waals surface area contributed by atoms with E-state index in [1.54, 1.807) is 0 Å². The highest BCUT2D eigenvalue weighted by molar-refractivity contribution is 5.20. The summed E-state index contributed by atoms with van der Waals surface area (Å²) in [5.41, 5.74) is 1.80. The molecule has 21 heavy (non-hydrogen) atoms. The summed E-state index contributed by atoms with van der Waals surface area (Å²) < 4.78 is 0. The maximum Gasteiger partial charge on any atom is 0.0328 e. The van der Waals surface area contributed by atoms with Crippen molar-refractivity contribution in [1.29, 1.82) is 0 Å². The van der Waals surface area contributed by atoms with E-state index in [2.05, 4.69) is 61.3 Å². The van der Waals surface area contributed by atoms with Gasteiger partial charge in [-0.15, -0.1) is 0 Å². The summed E-state index contributed by atoms with van der Waals surface area (Å²) in [5, 5.41) is 4.02. The Bertz CT molecular complexity index is 448. The van der Waals surface area contributed by atoms with E-state index in [-0.39, 0.29) is 0 Å². The minimum atomic E-state index is 0.349. The van der Waals surface area contributed by atoms with Gasteiger partial charge < -0.3 is 5.32 Å². The third-order valence-electron chi connectivity index (χ3n) is 5.04. The zero-order chi connectivity index (χ0) is 14.9. The van der Waals surface area contributed by atoms with Crippen molar-refractivity contribution in [3.63, 3.8) is 0 Å². The lowest BCUT2D eigenvalue weighted by atomic mass is 9.85. The van der Waals surface area contributed by atoms with Crippen LogP contribution in [0.3, 0.4) is 0 Å². The average molecular weight is 286 g/mol. The highest BCUT2D eigenvalue weighted by Crippen LogP contribution is 2.33. The van der Waals surface area contributed by atoms with Crippen LogP contribution in [-0.2, 0) is 0 Å². The van der Waals surface area contributed by atoms with Crippen molar-refractivity contribution in [1.82, 2.24) is 10.2 Å². The first-order valence-electron chi connectivity index (χ1n) is 8.58. The fraction of sp³-hybridized carbons (Fsp3) is 0.684. The molecule has 3 rings (SSSR count). The quantitative estimate of drug-likeness (QED) is 0.900. The van der Waals surface area contributed by atoms with Crippen LogP contribution in [0.4, 0.5) is 0 Å². The first kappa shape index (κ1) is 15.1. The Labute approximate surface area is 129 Å². The monoisotopic (exact) mass is 286 g/mol. The van der Waals surface area contributed by atoms with Crippen molar-refractivity contribution in [2.24, 2.45) is 5.41 Å². The maximum atomic E-state index is 4.02. The standard InChI is InChI=1S/C19H30N2/c1-19(2,3)14-17(15-8-5-4-6-9-15)20-16-11-13-21-12-7-10-18(16)21/h4-6,8-9,16-18,20H,7,10-14H2,1-3H3. The number of hydrogen-bond donors (Lipinski definition) is 1. The molecule has 1 aromatic rings. The Morgan fingerprint density at radius 2 is 1.90 bits per heavy atom. The second kappa shape index (κ2) is 6.10. The van der Waals surface area contributed by atoms with Gasteiger partial charge in [-0.1, -0.05) is 51.1 Å². The first-order chi connectivity index (χ1) is 10.0. The number of nitrogens with zero attached hydrogens (tertiary/aromatic N) is 1. The number of nitrogens with one attached hydrogen (secondary N) is 1. The molecule has 1 aromatic carbocycles. The van der Waals surface area contributed by atoms with Crippen molar-refractivity contribution in [2.45, 2.75) is 64.6 Å². The van der Waals surface area contributed by atoms with E-state index in [4.69, 9.17) is 0 Å². The minimum absolute atomic E-state index is 0.349. The molecule has 0 saturated carbocycles. The maximum absolute atomic E-state index is 4.02. The molecule has 3 atom stereocenters. The van der Waals surface area contributed by atoms with Crippen LogP contribution < -0.4 is 5.32 Å². The highest BCUT2D eigenvalue weighted by Gasteiger charge is 2.38. The van der Waals surface area contributed by atoms with Crippen LogP contribution in [0.1, 0.15) is 58.1 Å². The fourth-order valence-electron chi connectivity index (χ4n) is 4.11. The summed E-state index contributed by atoms with van der Waals surface area (Å²) >= 11 is 0. The van der Waals surface area contributed by atoms with Gasteiger partial charge in [0.05, 0.1) is 0 Å². The van der Waals surface area contributed by atoms with Gasteiger partial charge in [-0.2, -0.15) is 0 Å². The Hall–Kier alpha value is -0.860. The largest absolute Gasteiger partial charge is 0.306 e. The average Bonchev–Trinajstić information content (AvgIpc) is 3.02. The molecule has 0 aliphatic carbocycles. The summed E-state index contributed by atoms with van der Waals surface area (Å²) in [6.07, 6.45) is 5.28. The predicted octanol–water partition coefficient (Wildman–Crippen LogP) is 3.99. The van der Waals surface area contributed by atoms with Crippen LogP contribution in [0.5, 0.6) is 0 Å². The molecule has 0 radical (unpaired) electrons. The lowest BCUT2D eigenvalue weighted by Gasteiger charge is -2.32. The minimum Gasteiger partial charge on any atom is -0.306 e. The van der Waals surface area contributed by atoms with Crippen LogP contribution in [-0.4, -0.2) is 30.1 Å². The van der Waals surface area contributed by atoms with E-state index < -0.39 is 0 Å². The van der Waals surface area contributed by atoms with E-state index in [1.807, 2.05) is 0 Å². The molecule has 1 N–H and O–H groups in total. The molecular weight excluding hydrogens is 256 g/mol. The molecule has 2 nitrogen and oxygen atoms in total. The summed E-state index contributed by atoms with van der Waals surface area (Å²) in [5.74, 6) is 0. The molecule has 2 saturated heterocycles. The SMILES string of the molecule is CC(C)(C)CC(NC1CCN2CCCC12)c1ccccc1. The van der Waals surface area contributed by atoms with E-state index in [1.165, 1.54) is 44.3 Å². The van der Waals surface area contributed by atoms with Gasteiger partial charge in [0.15, 0.2) is 0 Å². The number of rotatable bonds is 4. The third-order valence-corrected chi connectivity index (χ3v) is 5.04. The summed E-state index contributed by atoms with van der Waals surface area (Å²) in [6, 6.07) is 13.0. The number of fused-ring (bicyclic) bond motifs is 1. The van der Waals surface area contributed by atoms with E-state index in [9.17, 15) is 0 Å². The Balaban J connectivity index is 1.73. The zero-order valence-electron chi connectivity index (χ0n) is 13.8. The van der Waals surface area contributed by atoms with Crippen LogP contribution in [0.15, 0.2) is 30.3 Å². The molecule has 0 spiro atoms. The molecule has 3 unspecified atom stereocenters. The van der Waals surface area contributed by atoms with Crippen LogP contribution in [0, 0.1) is 5.41 Å². The van der Waals surface area contributed by atoms with Crippen LogP contribution in [0.25, 0.3) is 0 Å². The molecule has 2 fully saturated rings. The second-order valence-electron chi connectivity index (χ2n) is 8.04. The normalized spacial score (nSPS) is 27.8.